The van der Waals surface area contributed by atoms with E-state index in [1.54, 1.807) is 19.4 Å². The number of aromatic nitrogens is 2. The SMILES string of the molecule is CCOC(=O)/C(F)=C/c1cn(C(c2ccccc2)(c2ccccc2)c2ccccc2)cn1. The molecular formula is C27H23FN2O2. The molecule has 0 saturated heterocycles. The van der Waals surface area contributed by atoms with Crippen LogP contribution in [0.25, 0.3) is 6.08 Å². The normalized spacial score (nSPS) is 11.9. The van der Waals surface area contributed by atoms with E-state index in [4.69, 9.17) is 4.74 Å². The van der Waals surface area contributed by atoms with Crippen molar-refractivity contribution in [1.29, 1.82) is 0 Å². The fraction of sp³-hybridized carbons (Fsp3) is 0.111. The third-order valence-corrected chi connectivity index (χ3v) is 5.31. The van der Waals surface area contributed by atoms with Crippen LogP contribution in [0.1, 0.15) is 29.3 Å². The molecule has 3 aromatic carbocycles. The zero-order valence-corrected chi connectivity index (χ0v) is 17.7. The first-order valence-electron chi connectivity index (χ1n) is 10.4. The van der Waals surface area contributed by atoms with E-state index in [1.807, 2.05) is 59.2 Å². The molecule has 5 heteroatoms. The maximum absolute atomic E-state index is 14.3. The Labute approximate surface area is 186 Å². The number of benzene rings is 3. The van der Waals surface area contributed by atoms with Crippen molar-refractivity contribution in [2.45, 2.75) is 12.5 Å². The van der Waals surface area contributed by atoms with Crippen molar-refractivity contribution in [3.63, 3.8) is 0 Å². The van der Waals surface area contributed by atoms with Crippen molar-refractivity contribution in [2.24, 2.45) is 0 Å². The Kier molecular flexibility index (Phi) is 6.26. The molecule has 160 valence electrons. The Morgan fingerprint density at radius 1 is 0.906 bits per heavy atom. The van der Waals surface area contributed by atoms with Crippen LogP contribution < -0.4 is 0 Å². The maximum Gasteiger partial charge on any atom is 0.367 e. The van der Waals surface area contributed by atoms with Gasteiger partial charge in [-0.25, -0.2) is 9.78 Å². The average molecular weight is 426 g/mol. The van der Waals surface area contributed by atoms with Gasteiger partial charge in [0.15, 0.2) is 0 Å². The number of imidazole rings is 1. The lowest BCUT2D eigenvalue weighted by molar-refractivity contribution is -0.140. The molecule has 0 bridgehead atoms. The zero-order valence-electron chi connectivity index (χ0n) is 17.7. The smallest absolute Gasteiger partial charge is 0.367 e. The first-order valence-corrected chi connectivity index (χ1v) is 10.4. The molecule has 4 aromatic rings. The molecule has 1 aromatic heterocycles. The standard InChI is InChI=1S/C27H23FN2O2/c1-2-32-26(31)25(28)18-24-19-30(20-29-24)27(21-12-6-3-7-13-21,22-14-8-4-9-15-22)23-16-10-5-11-17-23/h3-20H,2H2,1H3/b25-18-. The Hall–Kier alpha value is -3.99. The lowest BCUT2D eigenvalue weighted by Gasteiger charge is -2.37. The van der Waals surface area contributed by atoms with E-state index >= 15 is 0 Å². The van der Waals surface area contributed by atoms with Gasteiger partial charge in [-0.15, -0.1) is 0 Å². The monoisotopic (exact) mass is 426 g/mol. The van der Waals surface area contributed by atoms with Crippen molar-refractivity contribution < 1.29 is 13.9 Å². The van der Waals surface area contributed by atoms with Crippen LogP contribution in [-0.2, 0) is 15.1 Å². The predicted octanol–water partition coefficient (Wildman–Crippen LogP) is 5.60. The fourth-order valence-corrected chi connectivity index (χ4v) is 3.97. The van der Waals surface area contributed by atoms with E-state index in [-0.39, 0.29) is 6.61 Å². The number of halogens is 1. The largest absolute Gasteiger partial charge is 0.461 e. The first-order chi connectivity index (χ1) is 15.7. The molecule has 0 aliphatic rings. The molecule has 0 unspecified atom stereocenters. The summed E-state index contributed by atoms with van der Waals surface area (Å²) in [6.45, 7) is 1.74. The molecule has 0 saturated carbocycles. The minimum absolute atomic E-state index is 0.105. The van der Waals surface area contributed by atoms with Crippen molar-refractivity contribution in [2.75, 3.05) is 6.61 Å². The van der Waals surface area contributed by atoms with E-state index in [2.05, 4.69) is 41.4 Å². The van der Waals surface area contributed by atoms with Crippen LogP contribution in [-0.4, -0.2) is 22.1 Å². The number of carbonyl (C=O) groups excluding carboxylic acids is 1. The van der Waals surface area contributed by atoms with Gasteiger partial charge in [0, 0.05) is 12.3 Å². The minimum Gasteiger partial charge on any atom is -0.461 e. The van der Waals surface area contributed by atoms with Gasteiger partial charge in [-0.2, -0.15) is 4.39 Å². The molecule has 0 spiro atoms. The van der Waals surface area contributed by atoms with Gasteiger partial charge in [-0.3, -0.25) is 0 Å². The molecule has 4 nitrogen and oxygen atoms in total. The Bertz CT molecular complexity index is 1110. The highest BCUT2D eigenvalue weighted by atomic mass is 19.1. The molecule has 0 atom stereocenters. The third-order valence-electron chi connectivity index (χ3n) is 5.31. The summed E-state index contributed by atoms with van der Waals surface area (Å²) >= 11 is 0. The first kappa shape index (κ1) is 21.2. The van der Waals surface area contributed by atoms with Gasteiger partial charge in [0.05, 0.1) is 18.6 Å². The molecule has 0 radical (unpaired) electrons. The van der Waals surface area contributed by atoms with Gasteiger partial charge in [0.25, 0.3) is 0 Å². The lowest BCUT2D eigenvalue weighted by atomic mass is 9.77. The van der Waals surface area contributed by atoms with Gasteiger partial charge >= 0.3 is 5.97 Å². The molecule has 4 rings (SSSR count). The van der Waals surface area contributed by atoms with Crippen LogP contribution in [0.2, 0.25) is 0 Å². The summed E-state index contributed by atoms with van der Waals surface area (Å²) in [5.41, 5.74) is 2.65. The van der Waals surface area contributed by atoms with E-state index in [0.29, 0.717) is 5.69 Å². The summed E-state index contributed by atoms with van der Waals surface area (Å²) in [6.07, 6.45) is 4.50. The van der Waals surface area contributed by atoms with Crippen molar-refractivity contribution in [1.82, 2.24) is 9.55 Å². The fourth-order valence-electron chi connectivity index (χ4n) is 3.97. The van der Waals surface area contributed by atoms with Crippen LogP contribution in [0.4, 0.5) is 4.39 Å². The topological polar surface area (TPSA) is 44.1 Å². The highest BCUT2D eigenvalue weighted by Gasteiger charge is 2.38. The van der Waals surface area contributed by atoms with Crippen LogP contribution in [0.5, 0.6) is 0 Å². The number of hydrogen-bond acceptors (Lipinski definition) is 3. The van der Waals surface area contributed by atoms with E-state index in [0.717, 1.165) is 22.8 Å². The molecule has 1 heterocycles. The number of esters is 1. The summed E-state index contributed by atoms with van der Waals surface area (Å²) in [6, 6.07) is 30.3. The van der Waals surface area contributed by atoms with Crippen LogP contribution in [0.15, 0.2) is 109 Å². The van der Waals surface area contributed by atoms with Crippen LogP contribution in [0, 0.1) is 0 Å². The van der Waals surface area contributed by atoms with Gasteiger partial charge in [-0.1, -0.05) is 91.0 Å². The number of rotatable bonds is 7. The van der Waals surface area contributed by atoms with E-state index in [1.165, 1.54) is 0 Å². The highest BCUT2D eigenvalue weighted by Crippen LogP contribution is 2.40. The Morgan fingerprint density at radius 3 is 1.81 bits per heavy atom. The summed E-state index contributed by atoms with van der Waals surface area (Å²) in [5, 5.41) is 0. The van der Waals surface area contributed by atoms with Crippen molar-refractivity contribution >= 4 is 12.0 Å². The van der Waals surface area contributed by atoms with Gasteiger partial charge < -0.3 is 9.30 Å². The molecular weight excluding hydrogens is 403 g/mol. The highest BCUT2D eigenvalue weighted by molar-refractivity contribution is 5.90. The predicted molar refractivity (Wildman–Crippen MR) is 123 cm³/mol. The average Bonchev–Trinajstić information content (AvgIpc) is 3.30. The molecule has 0 aliphatic carbocycles. The Morgan fingerprint density at radius 2 is 1.38 bits per heavy atom. The number of ether oxygens (including phenoxy) is 1. The quantitative estimate of drug-likeness (QED) is 0.220. The van der Waals surface area contributed by atoms with E-state index < -0.39 is 17.3 Å². The molecule has 0 N–H and O–H groups in total. The third kappa shape index (κ3) is 3.97. The number of nitrogens with zero attached hydrogens (tertiary/aromatic N) is 2. The van der Waals surface area contributed by atoms with Crippen LogP contribution >= 0.6 is 0 Å². The summed E-state index contributed by atoms with van der Waals surface area (Å²) in [4.78, 5) is 16.1. The molecule has 0 aliphatic heterocycles. The van der Waals surface area contributed by atoms with Gasteiger partial charge in [0.1, 0.15) is 5.54 Å². The molecule has 32 heavy (non-hydrogen) atoms. The van der Waals surface area contributed by atoms with Gasteiger partial charge in [-0.05, 0) is 23.6 Å². The second-order valence-electron chi connectivity index (χ2n) is 7.23. The van der Waals surface area contributed by atoms with Crippen LogP contribution in [0.3, 0.4) is 0 Å². The van der Waals surface area contributed by atoms with Gasteiger partial charge in [0.2, 0.25) is 5.83 Å². The number of hydrogen-bond donors (Lipinski definition) is 0. The van der Waals surface area contributed by atoms with E-state index in [9.17, 15) is 9.18 Å². The minimum atomic E-state index is -0.998. The summed E-state index contributed by atoms with van der Waals surface area (Å²) in [7, 11) is 0. The molecule has 0 amide bonds. The van der Waals surface area contributed by atoms with Crippen molar-refractivity contribution in [3.8, 4) is 0 Å². The second-order valence-corrected chi connectivity index (χ2v) is 7.23. The van der Waals surface area contributed by atoms with Crippen molar-refractivity contribution in [3.05, 3.63) is 132 Å². The summed E-state index contributed by atoms with van der Waals surface area (Å²) in [5.74, 6) is -1.98. The Balaban J connectivity index is 1.95. The maximum atomic E-state index is 14.3. The lowest BCUT2D eigenvalue weighted by Crippen LogP contribution is -2.36. The summed E-state index contributed by atoms with van der Waals surface area (Å²) < 4.78 is 21.0. The molecule has 0 fully saturated rings. The zero-order chi connectivity index (χ0) is 22.4. The number of carbonyl (C=O) groups is 1. The second kappa shape index (κ2) is 9.43.